The van der Waals surface area contributed by atoms with Crippen LogP contribution in [0.1, 0.15) is 22.9 Å². The molecule has 0 fully saturated rings. The molecule has 0 aliphatic carbocycles. The third kappa shape index (κ3) is 3.30. The van der Waals surface area contributed by atoms with Crippen molar-refractivity contribution >= 4 is 0 Å². The zero-order valence-electron chi connectivity index (χ0n) is 11.5. The molecule has 0 bridgehead atoms. The van der Waals surface area contributed by atoms with Crippen LogP contribution in [0.4, 0.5) is 13.2 Å². The second-order valence-electron chi connectivity index (χ2n) is 4.29. The van der Waals surface area contributed by atoms with Crippen LogP contribution < -0.4 is 10.1 Å². The number of nitrogens with zero attached hydrogens (tertiary/aromatic N) is 2. The van der Waals surface area contributed by atoms with Crippen molar-refractivity contribution in [3.63, 3.8) is 0 Å². The first-order valence-electron chi connectivity index (χ1n) is 6.16. The molecule has 2 aromatic rings. The van der Waals surface area contributed by atoms with Crippen LogP contribution >= 0.6 is 0 Å². The van der Waals surface area contributed by atoms with E-state index < -0.39 is 17.8 Å². The molecule has 0 radical (unpaired) electrons. The molecule has 0 saturated carbocycles. The fraction of sp³-hybridized carbons (Fsp3) is 0.286. The molecule has 7 heteroatoms. The number of aromatic nitrogens is 2. The van der Waals surface area contributed by atoms with Crippen LogP contribution in [-0.2, 0) is 6.18 Å². The van der Waals surface area contributed by atoms with Crippen molar-refractivity contribution in [2.45, 2.75) is 12.2 Å². The van der Waals surface area contributed by atoms with Gasteiger partial charge in [0.25, 0.3) is 0 Å². The Balaban J connectivity index is 2.38. The Morgan fingerprint density at radius 1 is 1.10 bits per heavy atom. The molecule has 21 heavy (non-hydrogen) atoms. The second kappa shape index (κ2) is 6.09. The van der Waals surface area contributed by atoms with Gasteiger partial charge in [-0.15, -0.1) is 0 Å². The van der Waals surface area contributed by atoms with Crippen molar-refractivity contribution in [2.24, 2.45) is 0 Å². The summed E-state index contributed by atoms with van der Waals surface area (Å²) < 4.78 is 42.9. The summed E-state index contributed by atoms with van der Waals surface area (Å²) in [7, 11) is 3.16. The number of alkyl halides is 3. The average molecular weight is 297 g/mol. The van der Waals surface area contributed by atoms with Crippen molar-refractivity contribution in [1.29, 1.82) is 0 Å². The van der Waals surface area contributed by atoms with Gasteiger partial charge in [0, 0.05) is 12.4 Å². The zero-order valence-corrected chi connectivity index (χ0v) is 11.5. The highest BCUT2D eigenvalue weighted by molar-refractivity contribution is 5.34. The molecule has 1 heterocycles. The maximum absolute atomic E-state index is 12.6. The van der Waals surface area contributed by atoms with Gasteiger partial charge in [-0.1, -0.05) is 12.1 Å². The van der Waals surface area contributed by atoms with Crippen molar-refractivity contribution < 1.29 is 17.9 Å². The molecule has 1 unspecified atom stereocenters. The molecule has 1 aromatic carbocycles. The molecular formula is C14H14F3N3O. The molecule has 0 spiro atoms. The van der Waals surface area contributed by atoms with Crippen LogP contribution in [0.3, 0.4) is 0 Å². The summed E-state index contributed by atoms with van der Waals surface area (Å²) in [5.74, 6) is 0.330. The molecule has 2 rings (SSSR count). The van der Waals surface area contributed by atoms with E-state index in [1.807, 2.05) is 0 Å². The van der Waals surface area contributed by atoms with E-state index in [1.165, 1.54) is 31.6 Å². The third-order valence-corrected chi connectivity index (χ3v) is 3.02. The summed E-state index contributed by atoms with van der Waals surface area (Å²) in [5, 5.41) is 3.00. The molecular weight excluding hydrogens is 283 g/mol. The number of methoxy groups -OCH3 is 1. The Bertz CT molecular complexity index is 599. The predicted molar refractivity (Wildman–Crippen MR) is 70.9 cm³/mol. The van der Waals surface area contributed by atoms with Crippen LogP contribution in [0.15, 0.2) is 36.7 Å². The Labute approximate surface area is 120 Å². The number of nitrogens with one attached hydrogen (secondary N) is 1. The predicted octanol–water partition coefficient (Wildman–Crippen LogP) is 2.81. The average Bonchev–Trinajstić information content (AvgIpc) is 2.48. The van der Waals surface area contributed by atoms with Gasteiger partial charge in [0.2, 0.25) is 5.88 Å². The van der Waals surface area contributed by atoms with Gasteiger partial charge in [-0.05, 0) is 24.7 Å². The molecule has 1 aromatic heterocycles. The Kier molecular flexibility index (Phi) is 4.42. The van der Waals surface area contributed by atoms with Gasteiger partial charge in [0.1, 0.15) is 5.69 Å². The van der Waals surface area contributed by atoms with E-state index in [0.29, 0.717) is 17.1 Å². The minimum absolute atomic E-state index is 0.330. The lowest BCUT2D eigenvalue weighted by atomic mass is 10.0. The minimum Gasteiger partial charge on any atom is -0.480 e. The normalized spacial score (nSPS) is 13.0. The fourth-order valence-corrected chi connectivity index (χ4v) is 2.02. The number of halogens is 3. The van der Waals surface area contributed by atoms with E-state index in [4.69, 9.17) is 4.74 Å². The molecule has 1 atom stereocenters. The highest BCUT2D eigenvalue weighted by atomic mass is 19.4. The van der Waals surface area contributed by atoms with Crippen LogP contribution in [0.5, 0.6) is 5.88 Å². The molecule has 0 aliphatic rings. The van der Waals surface area contributed by atoms with Gasteiger partial charge in [-0.2, -0.15) is 13.2 Å². The van der Waals surface area contributed by atoms with E-state index in [9.17, 15) is 13.2 Å². The number of hydrogen-bond acceptors (Lipinski definition) is 4. The summed E-state index contributed by atoms with van der Waals surface area (Å²) in [4.78, 5) is 8.24. The van der Waals surface area contributed by atoms with Gasteiger partial charge in [-0.3, -0.25) is 4.98 Å². The monoisotopic (exact) mass is 297 g/mol. The third-order valence-electron chi connectivity index (χ3n) is 3.02. The van der Waals surface area contributed by atoms with Crippen molar-refractivity contribution in [2.75, 3.05) is 14.2 Å². The van der Waals surface area contributed by atoms with Crippen LogP contribution in [0.2, 0.25) is 0 Å². The number of hydrogen-bond donors (Lipinski definition) is 1. The number of rotatable bonds is 4. The Morgan fingerprint density at radius 2 is 1.71 bits per heavy atom. The van der Waals surface area contributed by atoms with Crippen LogP contribution in [0.25, 0.3) is 0 Å². The Morgan fingerprint density at radius 3 is 2.24 bits per heavy atom. The van der Waals surface area contributed by atoms with Crippen molar-refractivity contribution in [3.8, 4) is 5.88 Å². The van der Waals surface area contributed by atoms with E-state index in [-0.39, 0.29) is 0 Å². The highest BCUT2D eigenvalue weighted by Crippen LogP contribution is 2.31. The topological polar surface area (TPSA) is 47.0 Å². The summed E-state index contributed by atoms with van der Waals surface area (Å²) in [5.41, 5.74) is 0.471. The lowest BCUT2D eigenvalue weighted by Crippen LogP contribution is -2.20. The lowest BCUT2D eigenvalue weighted by molar-refractivity contribution is -0.137. The van der Waals surface area contributed by atoms with Crippen molar-refractivity contribution in [3.05, 3.63) is 53.5 Å². The second-order valence-corrected chi connectivity index (χ2v) is 4.29. The maximum atomic E-state index is 12.6. The summed E-state index contributed by atoms with van der Waals surface area (Å²) >= 11 is 0. The first-order chi connectivity index (χ1) is 9.97. The van der Waals surface area contributed by atoms with Gasteiger partial charge < -0.3 is 10.1 Å². The summed E-state index contributed by atoms with van der Waals surface area (Å²) in [6.45, 7) is 0. The SMILES string of the molecule is CNC(c1ccc(C(F)(F)F)cc1)c1nccnc1OC. The van der Waals surface area contributed by atoms with E-state index in [0.717, 1.165) is 12.1 Å². The van der Waals surface area contributed by atoms with E-state index in [1.54, 1.807) is 7.05 Å². The number of ether oxygens (including phenoxy) is 1. The highest BCUT2D eigenvalue weighted by Gasteiger charge is 2.30. The standard InChI is InChI=1S/C14H14F3N3O/c1-18-11(12-13(21-2)20-8-7-19-12)9-3-5-10(6-4-9)14(15,16)17/h3-8,11,18H,1-2H3. The first kappa shape index (κ1) is 15.2. The fourth-order valence-electron chi connectivity index (χ4n) is 2.02. The molecule has 4 nitrogen and oxygen atoms in total. The molecule has 1 N–H and O–H groups in total. The maximum Gasteiger partial charge on any atom is 0.416 e. The summed E-state index contributed by atoms with van der Waals surface area (Å²) in [6, 6.07) is 4.51. The van der Waals surface area contributed by atoms with E-state index >= 15 is 0 Å². The zero-order chi connectivity index (χ0) is 15.5. The Hall–Kier alpha value is -2.15. The largest absolute Gasteiger partial charge is 0.480 e. The van der Waals surface area contributed by atoms with Crippen molar-refractivity contribution in [1.82, 2.24) is 15.3 Å². The molecule has 0 saturated heterocycles. The quantitative estimate of drug-likeness (QED) is 0.942. The van der Waals surface area contributed by atoms with Gasteiger partial charge >= 0.3 is 6.18 Å². The summed E-state index contributed by atoms with van der Waals surface area (Å²) in [6.07, 6.45) is -1.36. The van der Waals surface area contributed by atoms with Gasteiger partial charge in [-0.25, -0.2) is 4.98 Å². The molecule has 0 amide bonds. The molecule has 112 valence electrons. The van der Waals surface area contributed by atoms with Crippen LogP contribution in [-0.4, -0.2) is 24.1 Å². The van der Waals surface area contributed by atoms with Gasteiger partial charge in [0.15, 0.2) is 0 Å². The van der Waals surface area contributed by atoms with Gasteiger partial charge in [0.05, 0.1) is 18.7 Å². The van der Waals surface area contributed by atoms with E-state index in [2.05, 4.69) is 15.3 Å². The minimum atomic E-state index is -4.35. The first-order valence-corrected chi connectivity index (χ1v) is 6.16. The molecule has 0 aliphatic heterocycles. The number of benzene rings is 1. The lowest BCUT2D eigenvalue weighted by Gasteiger charge is -2.18. The van der Waals surface area contributed by atoms with Crippen LogP contribution in [0, 0.1) is 0 Å². The smallest absolute Gasteiger partial charge is 0.416 e.